The second-order valence-corrected chi connectivity index (χ2v) is 9.21. The number of hydrogen-bond donors (Lipinski definition) is 0. The molecule has 2 aromatic rings. The fraction of sp³-hybridized carbons (Fsp3) is 0.417. The van der Waals surface area contributed by atoms with E-state index in [1.165, 1.54) is 24.3 Å². The molecule has 0 fully saturated rings. The first-order valence-corrected chi connectivity index (χ1v) is 11.9. The minimum Gasteiger partial charge on any atom is -0.476 e. The zero-order valence-corrected chi connectivity index (χ0v) is 20.4. The third-order valence-electron chi connectivity index (χ3n) is 5.81. The molecule has 3 unspecified atom stereocenters. The van der Waals surface area contributed by atoms with Crippen molar-refractivity contribution < 1.29 is 40.6 Å². The Morgan fingerprint density at radius 2 is 1.81 bits per heavy atom. The van der Waals surface area contributed by atoms with E-state index in [-0.39, 0.29) is 29.1 Å². The number of ether oxygens (including phenoxy) is 3. The van der Waals surface area contributed by atoms with Crippen molar-refractivity contribution in [1.29, 1.82) is 0 Å². The summed E-state index contributed by atoms with van der Waals surface area (Å²) in [6, 6.07) is 7.12. The summed E-state index contributed by atoms with van der Waals surface area (Å²) >= 11 is 11.9. The van der Waals surface area contributed by atoms with Crippen LogP contribution in [0.5, 0.6) is 5.75 Å². The summed E-state index contributed by atoms with van der Waals surface area (Å²) in [6.45, 7) is 0.268. The van der Waals surface area contributed by atoms with Crippen LogP contribution >= 0.6 is 23.2 Å². The molecule has 5 nitrogen and oxygen atoms in total. The summed E-state index contributed by atoms with van der Waals surface area (Å²) < 4.78 is 91.5. The van der Waals surface area contributed by atoms with Crippen LogP contribution in [-0.2, 0) is 28.5 Å². The number of hydrogen-bond acceptors (Lipinski definition) is 5. The second kappa shape index (κ2) is 11.0. The van der Waals surface area contributed by atoms with Gasteiger partial charge in [-0.15, -0.1) is 13.2 Å². The zero-order valence-electron chi connectivity index (χ0n) is 18.9. The highest BCUT2D eigenvalue weighted by molar-refractivity contribution is 6.32. The molecular formula is C24H19Cl2F6N2O3. The van der Waals surface area contributed by atoms with E-state index in [0.717, 1.165) is 12.1 Å². The Morgan fingerprint density at radius 3 is 2.51 bits per heavy atom. The van der Waals surface area contributed by atoms with Crippen molar-refractivity contribution >= 4 is 35.5 Å². The van der Waals surface area contributed by atoms with Gasteiger partial charge in [-0.25, -0.2) is 9.98 Å². The molecule has 0 aromatic heterocycles. The van der Waals surface area contributed by atoms with Crippen molar-refractivity contribution in [2.75, 3.05) is 6.61 Å². The minimum absolute atomic E-state index is 0.155. The van der Waals surface area contributed by atoms with Gasteiger partial charge in [0.2, 0.25) is 5.90 Å². The molecule has 0 amide bonds. The van der Waals surface area contributed by atoms with Crippen LogP contribution in [0.1, 0.15) is 29.5 Å². The average molecular weight is 568 g/mol. The lowest BCUT2D eigenvalue weighted by molar-refractivity contribution is -0.274. The van der Waals surface area contributed by atoms with Gasteiger partial charge >= 0.3 is 12.5 Å². The van der Waals surface area contributed by atoms with E-state index in [4.69, 9.17) is 32.7 Å². The predicted molar refractivity (Wildman–Crippen MR) is 125 cm³/mol. The molecule has 0 saturated carbocycles. The molecule has 0 N–H and O–H groups in total. The van der Waals surface area contributed by atoms with E-state index in [0.29, 0.717) is 36.3 Å². The van der Waals surface area contributed by atoms with Crippen LogP contribution in [0.25, 0.3) is 0 Å². The van der Waals surface area contributed by atoms with E-state index >= 15 is 0 Å². The van der Waals surface area contributed by atoms with Crippen LogP contribution in [0.2, 0.25) is 10.0 Å². The maximum atomic E-state index is 13.1. The zero-order chi connectivity index (χ0) is 26.8. The van der Waals surface area contributed by atoms with Crippen LogP contribution < -0.4 is 4.74 Å². The van der Waals surface area contributed by atoms with Gasteiger partial charge < -0.3 is 14.2 Å². The lowest BCUT2D eigenvalue weighted by Gasteiger charge is -2.17. The molecule has 199 valence electrons. The molecule has 4 rings (SSSR count). The summed E-state index contributed by atoms with van der Waals surface area (Å²) in [5.41, 5.74) is 0.152. The molecule has 0 saturated heterocycles. The molecule has 3 atom stereocenters. The van der Waals surface area contributed by atoms with Crippen LogP contribution in [-0.4, -0.2) is 43.5 Å². The smallest absolute Gasteiger partial charge is 0.476 e. The molecule has 0 bridgehead atoms. The van der Waals surface area contributed by atoms with E-state index < -0.39 is 36.0 Å². The number of halogens is 8. The molecule has 2 aliphatic heterocycles. The summed E-state index contributed by atoms with van der Waals surface area (Å²) in [7, 11) is 0. The standard InChI is InChI=1S/C24H19Cl2F6N2O3/c25-17-10-13(5-9-19(17)37-24(30,31)32)4-7-15-11-35-22(34-15)21-18(33-12-36-21)8-6-14-2-1-3-16(20(14)26)23(27,28)29/h1-3,5,9-10,15,18,21H,4,6-8,11H2. The van der Waals surface area contributed by atoms with Crippen molar-refractivity contribution in [3.05, 3.63) is 63.1 Å². The van der Waals surface area contributed by atoms with Crippen molar-refractivity contribution in [2.45, 2.75) is 56.4 Å². The number of aliphatic imine (C=N–C) groups is 2. The van der Waals surface area contributed by atoms with E-state index in [9.17, 15) is 26.3 Å². The molecule has 13 heteroatoms. The topological polar surface area (TPSA) is 52.4 Å². The average Bonchev–Trinajstić information content (AvgIpc) is 3.46. The first kappa shape index (κ1) is 27.4. The first-order chi connectivity index (χ1) is 17.4. The lowest BCUT2D eigenvalue weighted by atomic mass is 10.00. The maximum absolute atomic E-state index is 13.1. The van der Waals surface area contributed by atoms with Gasteiger partial charge in [0.25, 0.3) is 6.40 Å². The number of benzene rings is 2. The minimum atomic E-state index is -4.84. The Bertz CT molecular complexity index is 1190. The van der Waals surface area contributed by atoms with E-state index in [1.54, 1.807) is 0 Å². The van der Waals surface area contributed by atoms with E-state index in [1.807, 2.05) is 0 Å². The SMILES string of the molecule is FC(F)(F)Oc1ccc(CCC2COC(C3O[C]=NC3CCc3cccc(C(F)(F)F)c3Cl)=N2)cc1Cl. The Hall–Kier alpha value is -2.66. The molecule has 37 heavy (non-hydrogen) atoms. The van der Waals surface area contributed by atoms with Gasteiger partial charge in [-0.2, -0.15) is 13.2 Å². The summed E-state index contributed by atoms with van der Waals surface area (Å²) in [5.74, 6) is -0.166. The van der Waals surface area contributed by atoms with Crippen molar-refractivity contribution in [3.63, 3.8) is 0 Å². The molecule has 2 aromatic carbocycles. The molecule has 2 heterocycles. The van der Waals surface area contributed by atoms with Crippen molar-refractivity contribution in [3.8, 4) is 5.75 Å². The third kappa shape index (κ3) is 7.01. The van der Waals surface area contributed by atoms with Gasteiger partial charge in [0.15, 0.2) is 6.10 Å². The Balaban J connectivity index is 1.33. The largest absolute Gasteiger partial charge is 0.573 e. The molecule has 2 aliphatic rings. The fourth-order valence-corrected chi connectivity index (χ4v) is 4.58. The van der Waals surface area contributed by atoms with Gasteiger partial charge in [-0.3, -0.25) is 0 Å². The Kier molecular flexibility index (Phi) is 8.13. The Labute approximate surface area is 218 Å². The fourth-order valence-electron chi connectivity index (χ4n) is 4.01. The van der Waals surface area contributed by atoms with Gasteiger partial charge in [-0.1, -0.05) is 41.4 Å². The van der Waals surface area contributed by atoms with Crippen molar-refractivity contribution in [2.24, 2.45) is 9.98 Å². The molecule has 0 spiro atoms. The quantitative estimate of drug-likeness (QED) is 0.324. The third-order valence-corrected chi connectivity index (χ3v) is 6.55. The van der Waals surface area contributed by atoms with Gasteiger partial charge in [0, 0.05) is 0 Å². The summed E-state index contributed by atoms with van der Waals surface area (Å²) in [5, 5.41) is -0.497. The molecule has 1 radical (unpaired) electrons. The highest BCUT2D eigenvalue weighted by Crippen LogP contribution is 2.37. The highest BCUT2D eigenvalue weighted by atomic mass is 35.5. The van der Waals surface area contributed by atoms with Gasteiger partial charge in [0.1, 0.15) is 18.4 Å². The van der Waals surface area contributed by atoms with Gasteiger partial charge in [-0.05, 0) is 55.0 Å². The molecular weight excluding hydrogens is 549 g/mol. The lowest BCUT2D eigenvalue weighted by Crippen LogP contribution is -2.32. The number of nitrogens with zero attached hydrogens (tertiary/aromatic N) is 2. The first-order valence-electron chi connectivity index (χ1n) is 11.1. The predicted octanol–water partition coefficient (Wildman–Crippen LogP) is 6.95. The monoisotopic (exact) mass is 567 g/mol. The number of alkyl halides is 6. The maximum Gasteiger partial charge on any atom is 0.573 e. The molecule has 0 aliphatic carbocycles. The van der Waals surface area contributed by atoms with Crippen LogP contribution in [0.3, 0.4) is 0 Å². The number of aryl methyl sites for hydroxylation is 2. The van der Waals surface area contributed by atoms with Crippen LogP contribution in [0.4, 0.5) is 26.3 Å². The Morgan fingerprint density at radius 1 is 1.03 bits per heavy atom. The normalized spacial score (nSPS) is 21.5. The summed E-state index contributed by atoms with van der Waals surface area (Å²) in [4.78, 5) is 8.67. The van der Waals surface area contributed by atoms with E-state index in [2.05, 4.69) is 21.1 Å². The van der Waals surface area contributed by atoms with Gasteiger partial charge in [0.05, 0.1) is 21.7 Å². The van der Waals surface area contributed by atoms with Crippen LogP contribution in [0, 0.1) is 0 Å². The second-order valence-electron chi connectivity index (χ2n) is 8.42. The highest BCUT2D eigenvalue weighted by Gasteiger charge is 2.37. The summed E-state index contributed by atoms with van der Waals surface area (Å²) in [6.07, 6.45) is -6.06. The van der Waals surface area contributed by atoms with Crippen molar-refractivity contribution in [1.82, 2.24) is 0 Å². The van der Waals surface area contributed by atoms with Crippen LogP contribution in [0.15, 0.2) is 46.4 Å². The number of rotatable bonds is 8.